The summed E-state index contributed by atoms with van der Waals surface area (Å²) in [5, 5.41) is 2.83. The third kappa shape index (κ3) is 2.54. The Kier molecular flexibility index (Phi) is 4.40. The maximum absolute atomic E-state index is 12.7. The van der Waals surface area contributed by atoms with E-state index in [-0.39, 0.29) is 17.7 Å². The van der Waals surface area contributed by atoms with E-state index >= 15 is 0 Å². The van der Waals surface area contributed by atoms with Gasteiger partial charge in [-0.1, -0.05) is 31.2 Å². The standard InChI is InChI=1S/C18H24N2O2/c1-6-10-19-17(22)18(5)11-20(16(21)14(18)4)15-12(2)8-7-9-13(15)3/h6-9,14H,1,10-11H2,2-5H3,(H,19,22). The number of amides is 2. The monoisotopic (exact) mass is 300 g/mol. The van der Waals surface area contributed by atoms with Crippen molar-refractivity contribution in [2.24, 2.45) is 11.3 Å². The third-order valence-corrected chi connectivity index (χ3v) is 4.71. The van der Waals surface area contributed by atoms with Crippen LogP contribution < -0.4 is 10.2 Å². The van der Waals surface area contributed by atoms with Gasteiger partial charge in [0.1, 0.15) is 0 Å². The molecule has 1 heterocycles. The van der Waals surface area contributed by atoms with Crippen LogP contribution in [-0.2, 0) is 9.59 Å². The molecule has 4 heteroatoms. The van der Waals surface area contributed by atoms with Gasteiger partial charge in [0.05, 0.1) is 11.3 Å². The van der Waals surface area contributed by atoms with Crippen molar-refractivity contribution in [3.63, 3.8) is 0 Å². The Morgan fingerprint density at radius 3 is 2.59 bits per heavy atom. The number of para-hydroxylation sites is 1. The van der Waals surface area contributed by atoms with Crippen LogP contribution in [-0.4, -0.2) is 24.9 Å². The van der Waals surface area contributed by atoms with Crippen LogP contribution in [0.1, 0.15) is 25.0 Å². The molecule has 118 valence electrons. The zero-order chi connectivity index (χ0) is 16.5. The van der Waals surface area contributed by atoms with Gasteiger partial charge in [-0.2, -0.15) is 0 Å². The summed E-state index contributed by atoms with van der Waals surface area (Å²) in [6.45, 7) is 12.1. The van der Waals surface area contributed by atoms with Crippen molar-refractivity contribution in [3.05, 3.63) is 42.0 Å². The van der Waals surface area contributed by atoms with E-state index in [1.54, 1.807) is 11.0 Å². The lowest BCUT2D eigenvalue weighted by Crippen LogP contribution is -2.44. The summed E-state index contributed by atoms with van der Waals surface area (Å²) in [7, 11) is 0. The molecule has 4 nitrogen and oxygen atoms in total. The number of carbonyl (C=O) groups is 2. The first-order valence-electron chi connectivity index (χ1n) is 7.59. The molecule has 0 saturated carbocycles. The number of anilines is 1. The van der Waals surface area contributed by atoms with Crippen LogP contribution in [0.5, 0.6) is 0 Å². The summed E-state index contributed by atoms with van der Waals surface area (Å²) in [6.07, 6.45) is 1.64. The van der Waals surface area contributed by atoms with Crippen molar-refractivity contribution in [1.82, 2.24) is 5.32 Å². The first-order chi connectivity index (χ1) is 10.3. The molecule has 2 atom stereocenters. The zero-order valence-corrected chi connectivity index (χ0v) is 13.8. The molecule has 1 aromatic carbocycles. The van der Waals surface area contributed by atoms with E-state index in [1.807, 2.05) is 45.9 Å². The molecule has 2 amide bonds. The summed E-state index contributed by atoms with van der Waals surface area (Å²) < 4.78 is 0. The number of benzene rings is 1. The first kappa shape index (κ1) is 16.3. The van der Waals surface area contributed by atoms with E-state index in [1.165, 1.54) is 0 Å². The molecule has 0 aromatic heterocycles. The molecule has 22 heavy (non-hydrogen) atoms. The van der Waals surface area contributed by atoms with Crippen molar-refractivity contribution in [3.8, 4) is 0 Å². The van der Waals surface area contributed by atoms with Crippen LogP contribution in [0, 0.1) is 25.2 Å². The van der Waals surface area contributed by atoms with E-state index in [2.05, 4.69) is 11.9 Å². The quantitative estimate of drug-likeness (QED) is 0.869. The first-order valence-corrected chi connectivity index (χ1v) is 7.59. The van der Waals surface area contributed by atoms with Gasteiger partial charge in [0, 0.05) is 18.8 Å². The third-order valence-electron chi connectivity index (χ3n) is 4.71. The van der Waals surface area contributed by atoms with Crippen LogP contribution in [0.15, 0.2) is 30.9 Å². The average Bonchev–Trinajstić information content (AvgIpc) is 2.70. The SMILES string of the molecule is C=CCNC(=O)C1(C)CN(c2c(C)cccc2C)C(=O)C1C. The second-order valence-electron chi connectivity index (χ2n) is 6.30. The Labute approximate surface area is 132 Å². The lowest BCUT2D eigenvalue weighted by molar-refractivity contribution is -0.134. The maximum atomic E-state index is 12.7. The second-order valence-corrected chi connectivity index (χ2v) is 6.30. The zero-order valence-electron chi connectivity index (χ0n) is 13.8. The van der Waals surface area contributed by atoms with Crippen LogP contribution in [0.2, 0.25) is 0 Å². The Bertz CT molecular complexity index is 603. The molecule has 1 saturated heterocycles. The Hall–Kier alpha value is -2.10. The molecule has 1 aliphatic rings. The molecule has 0 aliphatic carbocycles. The van der Waals surface area contributed by atoms with Gasteiger partial charge in [-0.3, -0.25) is 9.59 Å². The largest absolute Gasteiger partial charge is 0.352 e. The van der Waals surface area contributed by atoms with Gasteiger partial charge < -0.3 is 10.2 Å². The molecule has 0 radical (unpaired) electrons. The summed E-state index contributed by atoms with van der Waals surface area (Å²) in [5.74, 6) is -0.438. The highest BCUT2D eigenvalue weighted by Crippen LogP contribution is 2.41. The molecule has 1 fully saturated rings. The molecule has 1 aliphatic heterocycles. The fourth-order valence-corrected chi connectivity index (χ4v) is 3.11. The molecule has 2 rings (SSSR count). The molecular weight excluding hydrogens is 276 g/mol. The summed E-state index contributed by atoms with van der Waals surface area (Å²) in [4.78, 5) is 27.0. The van der Waals surface area contributed by atoms with Gasteiger partial charge in [0.25, 0.3) is 0 Å². The minimum Gasteiger partial charge on any atom is -0.352 e. The van der Waals surface area contributed by atoms with Gasteiger partial charge in [0.2, 0.25) is 11.8 Å². The number of nitrogens with one attached hydrogen (secondary N) is 1. The summed E-state index contributed by atoms with van der Waals surface area (Å²) >= 11 is 0. The molecule has 0 spiro atoms. The number of aryl methyl sites for hydroxylation is 2. The van der Waals surface area contributed by atoms with E-state index in [4.69, 9.17) is 0 Å². The van der Waals surface area contributed by atoms with E-state index < -0.39 is 5.41 Å². The number of carbonyl (C=O) groups excluding carboxylic acids is 2. The number of hydrogen-bond acceptors (Lipinski definition) is 2. The molecule has 1 N–H and O–H groups in total. The van der Waals surface area contributed by atoms with E-state index in [0.29, 0.717) is 13.1 Å². The minimum atomic E-state index is -0.727. The highest BCUT2D eigenvalue weighted by Gasteiger charge is 2.52. The van der Waals surface area contributed by atoms with Gasteiger partial charge in [-0.05, 0) is 31.9 Å². The van der Waals surface area contributed by atoms with Crippen molar-refractivity contribution in [2.75, 3.05) is 18.0 Å². The molecular formula is C18H24N2O2. The van der Waals surface area contributed by atoms with Gasteiger partial charge in [-0.25, -0.2) is 0 Å². The number of nitrogens with zero attached hydrogens (tertiary/aromatic N) is 1. The number of hydrogen-bond donors (Lipinski definition) is 1. The van der Waals surface area contributed by atoms with Crippen LogP contribution in [0.3, 0.4) is 0 Å². The van der Waals surface area contributed by atoms with Crippen molar-refractivity contribution in [2.45, 2.75) is 27.7 Å². The topological polar surface area (TPSA) is 49.4 Å². The fourth-order valence-electron chi connectivity index (χ4n) is 3.11. The predicted octanol–water partition coefficient (Wildman–Crippen LogP) is 2.59. The second kappa shape index (κ2) is 5.95. The molecule has 0 bridgehead atoms. The van der Waals surface area contributed by atoms with Crippen LogP contribution in [0.4, 0.5) is 5.69 Å². The summed E-state index contributed by atoms with van der Waals surface area (Å²) in [5.41, 5.74) is 2.31. The molecule has 2 unspecified atom stereocenters. The minimum absolute atomic E-state index is 0.00801. The lowest BCUT2D eigenvalue weighted by atomic mass is 9.80. The van der Waals surface area contributed by atoms with Gasteiger partial charge in [0.15, 0.2) is 0 Å². The number of rotatable bonds is 4. The molecule has 1 aromatic rings. The highest BCUT2D eigenvalue weighted by atomic mass is 16.2. The van der Waals surface area contributed by atoms with Crippen LogP contribution >= 0.6 is 0 Å². The maximum Gasteiger partial charge on any atom is 0.231 e. The Morgan fingerprint density at radius 1 is 1.45 bits per heavy atom. The normalized spacial score (nSPS) is 24.5. The summed E-state index contributed by atoms with van der Waals surface area (Å²) in [6, 6.07) is 5.97. The Balaban J connectivity index is 2.36. The smallest absolute Gasteiger partial charge is 0.231 e. The van der Waals surface area contributed by atoms with Crippen molar-refractivity contribution >= 4 is 17.5 Å². The van der Waals surface area contributed by atoms with Gasteiger partial charge in [-0.15, -0.1) is 6.58 Å². The Morgan fingerprint density at radius 2 is 2.05 bits per heavy atom. The van der Waals surface area contributed by atoms with E-state index in [0.717, 1.165) is 16.8 Å². The highest BCUT2D eigenvalue weighted by molar-refractivity contribution is 6.04. The van der Waals surface area contributed by atoms with Crippen molar-refractivity contribution in [1.29, 1.82) is 0 Å². The van der Waals surface area contributed by atoms with Gasteiger partial charge >= 0.3 is 0 Å². The average molecular weight is 300 g/mol. The van der Waals surface area contributed by atoms with Crippen molar-refractivity contribution < 1.29 is 9.59 Å². The predicted molar refractivity (Wildman–Crippen MR) is 88.7 cm³/mol. The van der Waals surface area contributed by atoms with Crippen LogP contribution in [0.25, 0.3) is 0 Å². The lowest BCUT2D eigenvalue weighted by Gasteiger charge is -2.26. The van der Waals surface area contributed by atoms with E-state index in [9.17, 15) is 9.59 Å². The fraction of sp³-hybridized carbons (Fsp3) is 0.444.